The molecule has 1 aliphatic heterocycles. The van der Waals surface area contributed by atoms with Crippen molar-refractivity contribution in [3.8, 4) is 0 Å². The van der Waals surface area contributed by atoms with Crippen LogP contribution in [0.3, 0.4) is 0 Å². The maximum atomic E-state index is 12.5. The van der Waals surface area contributed by atoms with E-state index in [0.29, 0.717) is 28.7 Å². The Kier molecular flexibility index (Phi) is 6.11. The minimum Gasteiger partial charge on any atom is -0.345 e. The standard InChI is InChI=1S/C19H20Cl2N2O3S/c1-13(17-9-6-15(20)12-18(17)21)22-19(24)14-4-7-16(8-5-14)27(25,26)23-10-2-3-11-23/h4-9,12-13H,2-3,10-11H2,1H3,(H,22,24)/t13-/m1/s1. The summed E-state index contributed by atoms with van der Waals surface area (Å²) in [5, 5.41) is 3.86. The van der Waals surface area contributed by atoms with E-state index in [9.17, 15) is 13.2 Å². The lowest BCUT2D eigenvalue weighted by Crippen LogP contribution is -2.28. The summed E-state index contributed by atoms with van der Waals surface area (Å²) < 4.78 is 26.6. The van der Waals surface area contributed by atoms with Gasteiger partial charge in [-0.3, -0.25) is 4.79 Å². The number of rotatable bonds is 5. The molecule has 1 saturated heterocycles. The SMILES string of the molecule is C[C@@H](NC(=O)c1ccc(S(=O)(=O)N2CCCC2)cc1)c1ccc(Cl)cc1Cl. The van der Waals surface area contributed by atoms with Crippen LogP contribution in [0.15, 0.2) is 47.4 Å². The maximum absolute atomic E-state index is 12.5. The second kappa shape index (κ2) is 8.19. The molecule has 0 unspecified atom stereocenters. The number of amides is 1. The average molecular weight is 427 g/mol. The number of hydrogen-bond donors (Lipinski definition) is 1. The van der Waals surface area contributed by atoms with Crippen LogP contribution < -0.4 is 5.32 Å². The van der Waals surface area contributed by atoms with Crippen molar-refractivity contribution >= 4 is 39.1 Å². The lowest BCUT2D eigenvalue weighted by Gasteiger charge is -2.17. The van der Waals surface area contributed by atoms with Crippen molar-refractivity contribution in [2.24, 2.45) is 0 Å². The Morgan fingerprint density at radius 1 is 1.07 bits per heavy atom. The molecule has 0 spiro atoms. The van der Waals surface area contributed by atoms with Gasteiger partial charge in [-0.25, -0.2) is 8.42 Å². The highest BCUT2D eigenvalue weighted by atomic mass is 35.5. The minimum absolute atomic E-state index is 0.203. The van der Waals surface area contributed by atoms with Crippen LogP contribution in [0.2, 0.25) is 10.0 Å². The van der Waals surface area contributed by atoms with Gasteiger partial charge < -0.3 is 5.32 Å². The number of sulfonamides is 1. The van der Waals surface area contributed by atoms with Crippen molar-refractivity contribution in [2.45, 2.75) is 30.7 Å². The lowest BCUT2D eigenvalue weighted by molar-refractivity contribution is 0.0940. The van der Waals surface area contributed by atoms with E-state index in [-0.39, 0.29) is 16.8 Å². The zero-order valence-electron chi connectivity index (χ0n) is 14.8. The number of benzene rings is 2. The maximum Gasteiger partial charge on any atom is 0.251 e. The molecule has 1 heterocycles. The molecular formula is C19H20Cl2N2O3S. The summed E-state index contributed by atoms with van der Waals surface area (Å²) >= 11 is 12.1. The third-order valence-corrected chi connectivity index (χ3v) is 7.07. The van der Waals surface area contributed by atoms with Gasteiger partial charge in [0.05, 0.1) is 10.9 Å². The quantitative estimate of drug-likeness (QED) is 0.775. The van der Waals surface area contributed by atoms with E-state index < -0.39 is 10.0 Å². The highest BCUT2D eigenvalue weighted by Crippen LogP contribution is 2.26. The Morgan fingerprint density at radius 2 is 1.70 bits per heavy atom. The Labute approximate surface area is 169 Å². The summed E-state index contributed by atoms with van der Waals surface area (Å²) in [6.45, 7) is 2.91. The molecule has 5 nitrogen and oxygen atoms in total. The van der Waals surface area contributed by atoms with Crippen LogP contribution in [-0.2, 0) is 10.0 Å². The Balaban J connectivity index is 1.72. The fraction of sp³-hybridized carbons (Fsp3) is 0.316. The molecule has 1 fully saturated rings. The molecule has 27 heavy (non-hydrogen) atoms. The van der Waals surface area contributed by atoms with E-state index >= 15 is 0 Å². The smallest absolute Gasteiger partial charge is 0.251 e. The molecule has 1 N–H and O–H groups in total. The lowest BCUT2D eigenvalue weighted by atomic mass is 10.1. The zero-order chi connectivity index (χ0) is 19.6. The number of carbonyl (C=O) groups is 1. The predicted octanol–water partition coefficient (Wildman–Crippen LogP) is 4.27. The van der Waals surface area contributed by atoms with Crippen LogP contribution in [0, 0.1) is 0 Å². The van der Waals surface area contributed by atoms with E-state index in [1.54, 1.807) is 18.2 Å². The Hall–Kier alpha value is -1.60. The fourth-order valence-corrected chi connectivity index (χ4v) is 5.16. The zero-order valence-corrected chi connectivity index (χ0v) is 17.1. The predicted molar refractivity (Wildman–Crippen MR) is 107 cm³/mol. The third-order valence-electron chi connectivity index (χ3n) is 4.60. The largest absolute Gasteiger partial charge is 0.345 e. The molecule has 3 rings (SSSR count). The Bertz CT molecular complexity index is 940. The summed E-state index contributed by atoms with van der Waals surface area (Å²) in [7, 11) is -3.49. The van der Waals surface area contributed by atoms with Crippen LogP contribution in [-0.4, -0.2) is 31.7 Å². The summed E-state index contributed by atoms with van der Waals surface area (Å²) in [6, 6.07) is 10.8. The van der Waals surface area contributed by atoms with Gasteiger partial charge in [-0.05, 0) is 61.7 Å². The summed E-state index contributed by atoms with van der Waals surface area (Å²) in [5.74, 6) is -0.307. The number of hydrogen-bond acceptors (Lipinski definition) is 3. The van der Waals surface area contributed by atoms with Crippen molar-refractivity contribution in [3.05, 3.63) is 63.6 Å². The van der Waals surface area contributed by atoms with Crippen molar-refractivity contribution in [1.29, 1.82) is 0 Å². The molecule has 144 valence electrons. The molecule has 0 aliphatic carbocycles. The number of halogens is 2. The molecule has 0 saturated carbocycles. The van der Waals surface area contributed by atoms with Crippen molar-refractivity contribution < 1.29 is 13.2 Å². The molecule has 2 aromatic carbocycles. The molecule has 0 aromatic heterocycles. The van der Waals surface area contributed by atoms with Gasteiger partial charge in [-0.1, -0.05) is 29.3 Å². The normalized spacial score (nSPS) is 16.3. The minimum atomic E-state index is -3.49. The third kappa shape index (κ3) is 4.46. The van der Waals surface area contributed by atoms with Gasteiger partial charge in [-0.2, -0.15) is 4.31 Å². The first-order valence-corrected chi connectivity index (χ1v) is 10.8. The van der Waals surface area contributed by atoms with Crippen LogP contribution in [0.1, 0.15) is 41.7 Å². The molecule has 0 radical (unpaired) electrons. The Morgan fingerprint density at radius 3 is 2.30 bits per heavy atom. The second-order valence-corrected chi connectivity index (χ2v) is 9.28. The number of carbonyl (C=O) groups excluding carboxylic acids is 1. The van der Waals surface area contributed by atoms with Gasteiger partial charge in [0.1, 0.15) is 0 Å². The summed E-state index contributed by atoms with van der Waals surface area (Å²) in [6.07, 6.45) is 1.76. The molecule has 1 atom stereocenters. The molecule has 0 bridgehead atoms. The van der Waals surface area contributed by atoms with Crippen LogP contribution in [0.25, 0.3) is 0 Å². The first kappa shape index (κ1) is 20.1. The van der Waals surface area contributed by atoms with E-state index in [0.717, 1.165) is 18.4 Å². The van der Waals surface area contributed by atoms with E-state index in [1.807, 2.05) is 6.92 Å². The van der Waals surface area contributed by atoms with E-state index in [4.69, 9.17) is 23.2 Å². The van der Waals surface area contributed by atoms with Crippen molar-refractivity contribution in [2.75, 3.05) is 13.1 Å². The number of nitrogens with one attached hydrogen (secondary N) is 1. The summed E-state index contributed by atoms with van der Waals surface area (Å²) in [5.41, 5.74) is 1.13. The average Bonchev–Trinajstić information content (AvgIpc) is 3.17. The topological polar surface area (TPSA) is 66.5 Å². The van der Waals surface area contributed by atoms with E-state index in [1.165, 1.54) is 28.6 Å². The van der Waals surface area contributed by atoms with Crippen molar-refractivity contribution in [3.63, 3.8) is 0 Å². The van der Waals surface area contributed by atoms with Gasteiger partial charge in [0.15, 0.2) is 0 Å². The van der Waals surface area contributed by atoms with Gasteiger partial charge in [0, 0.05) is 28.7 Å². The summed E-state index contributed by atoms with van der Waals surface area (Å²) in [4.78, 5) is 12.7. The fourth-order valence-electron chi connectivity index (χ4n) is 3.07. The monoisotopic (exact) mass is 426 g/mol. The van der Waals surface area contributed by atoms with Gasteiger partial charge in [0.2, 0.25) is 10.0 Å². The highest BCUT2D eigenvalue weighted by Gasteiger charge is 2.27. The molecule has 1 aliphatic rings. The van der Waals surface area contributed by atoms with Gasteiger partial charge in [-0.15, -0.1) is 0 Å². The first-order valence-electron chi connectivity index (χ1n) is 8.65. The van der Waals surface area contributed by atoms with Crippen molar-refractivity contribution in [1.82, 2.24) is 9.62 Å². The number of nitrogens with zero attached hydrogens (tertiary/aromatic N) is 1. The molecule has 8 heteroatoms. The van der Waals surface area contributed by atoms with Gasteiger partial charge >= 0.3 is 0 Å². The molecule has 1 amide bonds. The second-order valence-electron chi connectivity index (χ2n) is 6.50. The van der Waals surface area contributed by atoms with Crippen LogP contribution >= 0.6 is 23.2 Å². The molecular weight excluding hydrogens is 407 g/mol. The van der Waals surface area contributed by atoms with Gasteiger partial charge in [0.25, 0.3) is 5.91 Å². The van der Waals surface area contributed by atoms with Crippen LogP contribution in [0.4, 0.5) is 0 Å². The van der Waals surface area contributed by atoms with E-state index in [2.05, 4.69) is 5.32 Å². The molecule has 2 aromatic rings. The highest BCUT2D eigenvalue weighted by molar-refractivity contribution is 7.89. The first-order chi connectivity index (χ1) is 12.8. The van der Waals surface area contributed by atoms with Crippen LogP contribution in [0.5, 0.6) is 0 Å².